The number of carbonyl (C=O) groups is 2. The molecule has 1 aromatic rings. The van der Waals surface area contributed by atoms with Crippen molar-refractivity contribution in [1.29, 1.82) is 0 Å². The van der Waals surface area contributed by atoms with Gasteiger partial charge in [-0.2, -0.15) is 0 Å². The molecule has 1 aromatic heterocycles. The number of nitrogens with zero attached hydrogens (tertiary/aromatic N) is 2. The van der Waals surface area contributed by atoms with E-state index in [1.165, 1.54) is 16.2 Å². The number of rotatable bonds is 4. The maximum Gasteiger partial charge on any atom is 0.255 e. The number of thiophene rings is 1. The zero-order valence-corrected chi connectivity index (χ0v) is 13.0. The van der Waals surface area contributed by atoms with E-state index in [9.17, 15) is 9.59 Å². The van der Waals surface area contributed by atoms with Crippen LogP contribution in [0.1, 0.15) is 17.3 Å². The highest BCUT2D eigenvalue weighted by Crippen LogP contribution is 2.18. The van der Waals surface area contributed by atoms with Crippen LogP contribution >= 0.6 is 33.9 Å². The monoisotopic (exact) mass is 366 g/mol. The standard InChI is InChI=1S/C11H15IN2O2S/c1-4-14(6-10(15)13(2)3)11(16)8-5-9(12)17-7-8/h5,7H,4,6H2,1-3H3. The summed E-state index contributed by atoms with van der Waals surface area (Å²) in [5, 5.41) is 1.83. The number of likely N-dealkylation sites (N-methyl/N-ethyl adjacent to an activating group) is 2. The van der Waals surface area contributed by atoms with E-state index >= 15 is 0 Å². The van der Waals surface area contributed by atoms with Gasteiger partial charge in [-0.05, 0) is 35.6 Å². The molecular weight excluding hydrogens is 351 g/mol. The van der Waals surface area contributed by atoms with E-state index in [0.29, 0.717) is 12.1 Å². The minimum Gasteiger partial charge on any atom is -0.347 e. The second kappa shape index (κ2) is 6.34. The van der Waals surface area contributed by atoms with E-state index in [1.54, 1.807) is 19.0 Å². The first-order valence-corrected chi connectivity index (χ1v) is 7.15. The van der Waals surface area contributed by atoms with Crippen LogP contribution in [0, 0.1) is 2.88 Å². The minimum absolute atomic E-state index is 0.0647. The highest BCUT2D eigenvalue weighted by Gasteiger charge is 2.18. The van der Waals surface area contributed by atoms with Gasteiger partial charge >= 0.3 is 0 Å². The molecule has 0 atom stereocenters. The predicted octanol–water partition coefficient (Wildman–Crippen LogP) is 1.90. The third-order valence-electron chi connectivity index (χ3n) is 2.31. The Hall–Kier alpha value is -0.630. The maximum atomic E-state index is 12.1. The summed E-state index contributed by atoms with van der Waals surface area (Å²) in [6.07, 6.45) is 0. The fourth-order valence-electron chi connectivity index (χ4n) is 1.24. The quantitative estimate of drug-likeness (QED) is 0.764. The van der Waals surface area contributed by atoms with Crippen LogP contribution in [-0.4, -0.2) is 48.8 Å². The van der Waals surface area contributed by atoms with Crippen molar-refractivity contribution in [2.75, 3.05) is 27.2 Å². The summed E-state index contributed by atoms with van der Waals surface area (Å²) < 4.78 is 1.07. The third kappa shape index (κ3) is 3.95. The molecule has 2 amide bonds. The Kier molecular flexibility index (Phi) is 5.38. The molecule has 4 nitrogen and oxygen atoms in total. The molecule has 0 spiro atoms. The molecule has 94 valence electrons. The number of hydrogen-bond donors (Lipinski definition) is 0. The van der Waals surface area contributed by atoms with Crippen LogP contribution in [0.25, 0.3) is 0 Å². The van der Waals surface area contributed by atoms with Crippen molar-refractivity contribution in [1.82, 2.24) is 9.80 Å². The lowest BCUT2D eigenvalue weighted by Gasteiger charge is -2.21. The fraction of sp³-hybridized carbons (Fsp3) is 0.455. The molecule has 0 aromatic carbocycles. The van der Waals surface area contributed by atoms with Gasteiger partial charge in [-0.1, -0.05) is 0 Å². The Morgan fingerprint density at radius 3 is 2.47 bits per heavy atom. The Morgan fingerprint density at radius 1 is 1.41 bits per heavy atom. The van der Waals surface area contributed by atoms with Gasteiger partial charge in [0.15, 0.2) is 0 Å². The van der Waals surface area contributed by atoms with Gasteiger partial charge in [0.2, 0.25) is 5.91 Å². The van der Waals surface area contributed by atoms with E-state index in [4.69, 9.17) is 0 Å². The average Bonchev–Trinajstić information content (AvgIpc) is 2.71. The Morgan fingerprint density at radius 2 is 2.06 bits per heavy atom. The highest BCUT2D eigenvalue weighted by atomic mass is 127. The van der Waals surface area contributed by atoms with E-state index in [1.807, 2.05) is 18.4 Å². The average molecular weight is 366 g/mol. The van der Waals surface area contributed by atoms with Crippen LogP contribution < -0.4 is 0 Å². The summed E-state index contributed by atoms with van der Waals surface area (Å²) >= 11 is 3.71. The molecule has 0 saturated heterocycles. The normalized spacial score (nSPS) is 10.1. The topological polar surface area (TPSA) is 40.6 Å². The van der Waals surface area contributed by atoms with E-state index in [0.717, 1.165) is 2.88 Å². The Balaban J connectivity index is 2.74. The van der Waals surface area contributed by atoms with Crippen molar-refractivity contribution in [2.45, 2.75) is 6.92 Å². The molecular formula is C11H15IN2O2S. The van der Waals surface area contributed by atoms with Crippen molar-refractivity contribution >= 4 is 45.7 Å². The van der Waals surface area contributed by atoms with Gasteiger partial charge in [0.05, 0.1) is 15.0 Å². The first-order chi connectivity index (χ1) is 7.95. The SMILES string of the molecule is CCN(CC(=O)N(C)C)C(=O)c1csc(I)c1. The molecule has 17 heavy (non-hydrogen) atoms. The number of hydrogen-bond acceptors (Lipinski definition) is 3. The molecule has 0 unspecified atom stereocenters. The largest absolute Gasteiger partial charge is 0.347 e. The molecule has 6 heteroatoms. The summed E-state index contributed by atoms with van der Waals surface area (Å²) in [6.45, 7) is 2.54. The smallest absolute Gasteiger partial charge is 0.255 e. The van der Waals surface area contributed by atoms with Crippen LogP contribution in [0.3, 0.4) is 0 Å². The Bertz CT molecular complexity index is 417. The van der Waals surface area contributed by atoms with Crippen LogP contribution in [0.15, 0.2) is 11.4 Å². The fourth-order valence-corrected chi connectivity index (χ4v) is 2.56. The lowest BCUT2D eigenvalue weighted by atomic mass is 10.3. The molecule has 0 N–H and O–H groups in total. The van der Waals surface area contributed by atoms with E-state index in [-0.39, 0.29) is 18.4 Å². The van der Waals surface area contributed by atoms with Gasteiger partial charge in [-0.15, -0.1) is 11.3 Å². The van der Waals surface area contributed by atoms with Gasteiger partial charge in [-0.25, -0.2) is 0 Å². The zero-order valence-electron chi connectivity index (χ0n) is 10.1. The van der Waals surface area contributed by atoms with Gasteiger partial charge in [-0.3, -0.25) is 9.59 Å². The van der Waals surface area contributed by atoms with Gasteiger partial charge in [0.1, 0.15) is 0 Å². The van der Waals surface area contributed by atoms with Gasteiger partial charge in [0.25, 0.3) is 5.91 Å². The molecule has 1 heterocycles. The molecule has 0 aliphatic heterocycles. The lowest BCUT2D eigenvalue weighted by Crippen LogP contribution is -2.40. The summed E-state index contributed by atoms with van der Waals surface area (Å²) in [7, 11) is 3.38. The van der Waals surface area contributed by atoms with Gasteiger partial charge in [0, 0.05) is 26.0 Å². The molecule has 0 aliphatic rings. The van der Waals surface area contributed by atoms with Crippen LogP contribution in [-0.2, 0) is 4.79 Å². The first kappa shape index (κ1) is 14.4. The Labute approximate surface area is 119 Å². The summed E-state index contributed by atoms with van der Waals surface area (Å²) in [5.41, 5.74) is 0.660. The zero-order chi connectivity index (χ0) is 13.0. The third-order valence-corrected chi connectivity index (χ3v) is 4.10. The van der Waals surface area contributed by atoms with Crippen molar-refractivity contribution < 1.29 is 9.59 Å². The van der Waals surface area contributed by atoms with Crippen molar-refractivity contribution in [3.8, 4) is 0 Å². The predicted molar refractivity (Wildman–Crippen MR) is 77.3 cm³/mol. The molecule has 0 saturated carbocycles. The van der Waals surface area contributed by atoms with Crippen molar-refractivity contribution in [3.05, 3.63) is 19.9 Å². The molecule has 0 bridgehead atoms. The van der Waals surface area contributed by atoms with Crippen LogP contribution in [0.2, 0.25) is 0 Å². The second-order valence-corrected chi connectivity index (χ2v) is 6.55. The molecule has 0 aliphatic carbocycles. The highest BCUT2D eigenvalue weighted by molar-refractivity contribution is 14.1. The number of halogens is 1. The van der Waals surface area contributed by atoms with Gasteiger partial charge < -0.3 is 9.80 Å². The molecule has 0 fully saturated rings. The lowest BCUT2D eigenvalue weighted by molar-refractivity contribution is -0.129. The summed E-state index contributed by atoms with van der Waals surface area (Å²) in [5.74, 6) is -0.146. The van der Waals surface area contributed by atoms with E-state index in [2.05, 4.69) is 22.6 Å². The van der Waals surface area contributed by atoms with Crippen molar-refractivity contribution in [3.63, 3.8) is 0 Å². The molecule has 0 radical (unpaired) electrons. The van der Waals surface area contributed by atoms with Crippen molar-refractivity contribution in [2.24, 2.45) is 0 Å². The number of carbonyl (C=O) groups excluding carboxylic acids is 2. The van der Waals surface area contributed by atoms with Crippen LogP contribution in [0.4, 0.5) is 0 Å². The molecule has 1 rings (SSSR count). The summed E-state index contributed by atoms with van der Waals surface area (Å²) in [6, 6.07) is 1.84. The summed E-state index contributed by atoms with van der Waals surface area (Å²) in [4.78, 5) is 26.7. The maximum absolute atomic E-state index is 12.1. The minimum atomic E-state index is -0.0816. The van der Waals surface area contributed by atoms with Crippen LogP contribution in [0.5, 0.6) is 0 Å². The second-order valence-electron chi connectivity index (χ2n) is 3.75. The first-order valence-electron chi connectivity index (χ1n) is 5.19. The number of amides is 2. The van der Waals surface area contributed by atoms with E-state index < -0.39 is 0 Å².